The van der Waals surface area contributed by atoms with Gasteiger partial charge in [-0.25, -0.2) is 13.5 Å². The van der Waals surface area contributed by atoms with Crippen LogP contribution >= 0.6 is 0 Å². The number of hydrogen-bond donors (Lipinski definition) is 2. The molecule has 2 heterocycles. The Labute approximate surface area is 135 Å². The van der Waals surface area contributed by atoms with E-state index in [-0.39, 0.29) is 17.1 Å². The number of pyridine rings is 1. The van der Waals surface area contributed by atoms with Crippen molar-refractivity contribution < 1.29 is 13.9 Å². The maximum Gasteiger partial charge on any atom is 0.235 e. The summed E-state index contributed by atoms with van der Waals surface area (Å²) < 4.78 is 29.9. The highest BCUT2D eigenvalue weighted by Crippen LogP contribution is 2.38. The van der Waals surface area contributed by atoms with Gasteiger partial charge in [0, 0.05) is 0 Å². The molecule has 0 radical (unpaired) electrons. The van der Waals surface area contributed by atoms with Gasteiger partial charge in [-0.3, -0.25) is 4.79 Å². The number of halogens is 2. The second-order valence-electron chi connectivity index (χ2n) is 5.97. The van der Waals surface area contributed by atoms with Crippen molar-refractivity contribution in [3.63, 3.8) is 0 Å². The van der Waals surface area contributed by atoms with Crippen molar-refractivity contribution in [3.8, 4) is 17.0 Å². The van der Waals surface area contributed by atoms with Gasteiger partial charge in [0.2, 0.25) is 5.43 Å². The van der Waals surface area contributed by atoms with Gasteiger partial charge in [0.1, 0.15) is 17.3 Å². The van der Waals surface area contributed by atoms with Gasteiger partial charge in [0.05, 0.1) is 28.4 Å². The summed E-state index contributed by atoms with van der Waals surface area (Å²) in [5.74, 6) is -2.40. The van der Waals surface area contributed by atoms with Gasteiger partial charge in [-0.1, -0.05) is 13.0 Å². The second-order valence-corrected chi connectivity index (χ2v) is 5.97. The van der Waals surface area contributed by atoms with Crippen LogP contribution in [0.3, 0.4) is 0 Å². The van der Waals surface area contributed by atoms with Crippen molar-refractivity contribution in [3.05, 3.63) is 45.8 Å². The van der Waals surface area contributed by atoms with Crippen molar-refractivity contribution in [2.75, 3.05) is 0 Å². The van der Waals surface area contributed by atoms with Crippen LogP contribution in [0.4, 0.5) is 8.78 Å². The molecule has 7 heteroatoms. The number of aromatic hydroxyl groups is 1. The zero-order chi connectivity index (χ0) is 17.0. The number of rotatable bonds is 3. The highest BCUT2D eigenvalue weighted by atomic mass is 19.1. The first-order chi connectivity index (χ1) is 11.5. The largest absolute Gasteiger partial charge is 0.503 e. The van der Waals surface area contributed by atoms with Crippen LogP contribution in [0, 0.1) is 11.6 Å². The molecule has 0 aliphatic heterocycles. The molecule has 1 aliphatic rings. The van der Waals surface area contributed by atoms with Crippen LogP contribution in [0.2, 0.25) is 0 Å². The lowest BCUT2D eigenvalue weighted by Gasteiger charge is -2.09. The maximum atomic E-state index is 14.1. The first-order valence-corrected chi connectivity index (χ1v) is 7.83. The van der Waals surface area contributed by atoms with E-state index in [2.05, 4.69) is 10.1 Å². The van der Waals surface area contributed by atoms with Crippen molar-refractivity contribution in [2.24, 2.45) is 0 Å². The minimum atomic E-state index is -0.853. The summed E-state index contributed by atoms with van der Waals surface area (Å²) in [4.78, 5) is 15.5. The van der Waals surface area contributed by atoms with Crippen LogP contribution in [0.25, 0.3) is 22.3 Å². The average molecular weight is 331 g/mol. The van der Waals surface area contributed by atoms with Gasteiger partial charge in [-0.2, -0.15) is 5.10 Å². The van der Waals surface area contributed by atoms with Crippen molar-refractivity contribution in [1.29, 1.82) is 0 Å². The summed E-state index contributed by atoms with van der Waals surface area (Å²) in [6.45, 7) is 1.86. The quantitative estimate of drug-likeness (QED) is 0.774. The lowest BCUT2D eigenvalue weighted by atomic mass is 10.1. The Bertz CT molecular complexity index is 999. The number of H-pyrrole nitrogens is 1. The third kappa shape index (κ3) is 2.04. The van der Waals surface area contributed by atoms with E-state index >= 15 is 0 Å². The Morgan fingerprint density at radius 2 is 2.00 bits per heavy atom. The average Bonchev–Trinajstić information content (AvgIpc) is 3.33. The maximum absolute atomic E-state index is 14.1. The molecule has 1 aromatic carbocycles. The molecule has 2 N–H and O–H groups in total. The van der Waals surface area contributed by atoms with Gasteiger partial charge in [0.15, 0.2) is 5.75 Å². The highest BCUT2D eigenvalue weighted by Gasteiger charge is 2.30. The number of aromatic amines is 1. The topological polar surface area (TPSA) is 70.9 Å². The van der Waals surface area contributed by atoms with E-state index in [4.69, 9.17) is 0 Å². The van der Waals surface area contributed by atoms with Gasteiger partial charge >= 0.3 is 0 Å². The predicted molar refractivity (Wildman–Crippen MR) is 85.0 cm³/mol. The molecule has 124 valence electrons. The molecule has 1 aliphatic carbocycles. The number of aromatic nitrogens is 3. The standard InChI is InChI=1S/C17H15F2N3O2/c1-2-11-13-15(23)16(24)14(12-9(18)4-3-5-10(12)19)20-17(13)22(21-11)8-6-7-8/h3-5,8,24H,2,6-7H2,1H3,(H,20,23). The third-order valence-corrected chi connectivity index (χ3v) is 4.35. The van der Waals surface area contributed by atoms with E-state index in [0.717, 1.165) is 25.0 Å². The fraction of sp³-hybridized carbons (Fsp3) is 0.294. The molecular formula is C17H15F2N3O2. The van der Waals surface area contributed by atoms with Crippen LogP contribution < -0.4 is 5.43 Å². The fourth-order valence-electron chi connectivity index (χ4n) is 3.00. The van der Waals surface area contributed by atoms with Gasteiger partial charge in [-0.05, 0) is 31.4 Å². The molecular weight excluding hydrogens is 316 g/mol. The smallest absolute Gasteiger partial charge is 0.235 e. The zero-order valence-corrected chi connectivity index (χ0v) is 12.9. The number of aryl methyl sites for hydroxylation is 1. The van der Waals surface area contributed by atoms with E-state index in [0.29, 0.717) is 17.8 Å². The molecule has 0 saturated heterocycles. The summed E-state index contributed by atoms with van der Waals surface area (Å²) in [6, 6.07) is 3.56. The van der Waals surface area contributed by atoms with Crippen LogP contribution in [0.15, 0.2) is 23.0 Å². The lowest BCUT2D eigenvalue weighted by molar-refractivity contribution is 0.469. The SMILES string of the molecule is CCc1nn(C2CC2)c2[nH]c(-c3c(F)cccc3F)c(O)c(=O)c12. The number of nitrogens with one attached hydrogen (secondary N) is 1. The predicted octanol–water partition coefficient (Wildman–Crippen LogP) is 3.27. The summed E-state index contributed by atoms with van der Waals surface area (Å²) >= 11 is 0. The van der Waals surface area contributed by atoms with E-state index in [9.17, 15) is 18.7 Å². The molecule has 1 fully saturated rings. The van der Waals surface area contributed by atoms with Crippen molar-refractivity contribution in [1.82, 2.24) is 14.8 Å². The van der Waals surface area contributed by atoms with Crippen LogP contribution in [-0.4, -0.2) is 19.9 Å². The third-order valence-electron chi connectivity index (χ3n) is 4.35. The molecule has 24 heavy (non-hydrogen) atoms. The normalized spacial score (nSPS) is 14.5. The number of fused-ring (bicyclic) bond motifs is 1. The fourth-order valence-corrected chi connectivity index (χ4v) is 3.00. The van der Waals surface area contributed by atoms with Crippen molar-refractivity contribution >= 4 is 11.0 Å². The zero-order valence-electron chi connectivity index (χ0n) is 12.9. The summed E-state index contributed by atoms with van der Waals surface area (Å²) in [6.07, 6.45) is 2.39. The molecule has 2 aromatic heterocycles. The van der Waals surface area contributed by atoms with Crippen LogP contribution in [0.1, 0.15) is 31.5 Å². The monoisotopic (exact) mass is 331 g/mol. The first-order valence-electron chi connectivity index (χ1n) is 7.83. The Hall–Kier alpha value is -2.70. The summed E-state index contributed by atoms with van der Waals surface area (Å²) in [5.41, 5.74) is -0.405. The van der Waals surface area contributed by atoms with E-state index in [1.165, 1.54) is 6.07 Å². The Morgan fingerprint density at radius 1 is 1.33 bits per heavy atom. The van der Waals surface area contributed by atoms with Crippen LogP contribution in [-0.2, 0) is 6.42 Å². The van der Waals surface area contributed by atoms with Gasteiger partial charge in [-0.15, -0.1) is 0 Å². The molecule has 0 unspecified atom stereocenters. The molecule has 0 spiro atoms. The minimum absolute atomic E-state index is 0.173. The van der Waals surface area contributed by atoms with E-state index < -0.39 is 28.4 Å². The molecule has 1 saturated carbocycles. The molecule has 0 atom stereocenters. The number of nitrogens with zero attached hydrogens (tertiary/aromatic N) is 2. The van der Waals surface area contributed by atoms with E-state index in [1.807, 2.05) is 6.92 Å². The van der Waals surface area contributed by atoms with Gasteiger partial charge < -0.3 is 10.1 Å². The molecule has 4 rings (SSSR count). The molecule has 0 bridgehead atoms. The Balaban J connectivity index is 2.10. The molecule has 0 amide bonds. The lowest BCUT2D eigenvalue weighted by Crippen LogP contribution is -2.08. The van der Waals surface area contributed by atoms with Gasteiger partial charge in [0.25, 0.3) is 0 Å². The number of hydrogen-bond acceptors (Lipinski definition) is 3. The molecule has 3 aromatic rings. The molecule has 5 nitrogen and oxygen atoms in total. The highest BCUT2D eigenvalue weighted by molar-refractivity contribution is 5.85. The van der Waals surface area contributed by atoms with Crippen LogP contribution in [0.5, 0.6) is 5.75 Å². The minimum Gasteiger partial charge on any atom is -0.503 e. The summed E-state index contributed by atoms with van der Waals surface area (Å²) in [5, 5.41) is 15.0. The number of benzene rings is 1. The Morgan fingerprint density at radius 3 is 2.58 bits per heavy atom. The summed E-state index contributed by atoms with van der Waals surface area (Å²) in [7, 11) is 0. The Kier molecular flexibility index (Phi) is 3.19. The second kappa shape index (κ2) is 5.15. The van der Waals surface area contributed by atoms with E-state index in [1.54, 1.807) is 4.68 Å². The first kappa shape index (κ1) is 14.9. The van der Waals surface area contributed by atoms with Crippen molar-refractivity contribution in [2.45, 2.75) is 32.2 Å².